The van der Waals surface area contributed by atoms with Crippen molar-refractivity contribution >= 4 is 22.4 Å². The second-order valence-corrected chi connectivity index (χ2v) is 3.68. The van der Waals surface area contributed by atoms with Gasteiger partial charge in [-0.25, -0.2) is 0 Å². The molecule has 0 aliphatic carbocycles. The summed E-state index contributed by atoms with van der Waals surface area (Å²) in [6, 6.07) is 7.58. The van der Waals surface area contributed by atoms with Crippen LogP contribution in [0.1, 0.15) is 23.8 Å². The van der Waals surface area contributed by atoms with Crippen LogP contribution in [0.4, 0.5) is 5.69 Å². The topological polar surface area (TPSA) is 48.0 Å². The number of aromatic nitrogens is 1. The van der Waals surface area contributed by atoms with E-state index in [4.69, 9.17) is 5.73 Å². The monoisotopic (exact) mass is 202 g/mol. The highest BCUT2D eigenvalue weighted by atomic mass is 16.1. The molecule has 0 saturated heterocycles. The number of aryl methyl sites for hydroxylation is 1. The fraction of sp³-hybridized carbons (Fsp3) is 0.250. The third-order valence-electron chi connectivity index (χ3n) is 2.67. The molecule has 1 aromatic heterocycles. The maximum atomic E-state index is 11.6. The van der Waals surface area contributed by atoms with Crippen LogP contribution in [0.2, 0.25) is 0 Å². The third-order valence-corrected chi connectivity index (χ3v) is 2.67. The number of Topliss-reactive ketones (excluding diaryl/α,β-unsaturated/α-hetero) is 1. The predicted molar refractivity (Wildman–Crippen MR) is 62.0 cm³/mol. The minimum Gasteiger partial charge on any atom is -0.399 e. The lowest BCUT2D eigenvalue weighted by Gasteiger charge is -2.01. The average molecular weight is 202 g/mol. The Labute approximate surface area is 88.5 Å². The molecular formula is C12H14N2O. The van der Waals surface area contributed by atoms with Gasteiger partial charge in [0, 0.05) is 30.1 Å². The molecule has 2 N–H and O–H groups in total. The van der Waals surface area contributed by atoms with Gasteiger partial charge < -0.3 is 10.3 Å². The number of carbonyl (C=O) groups excluding carboxylic acids is 1. The summed E-state index contributed by atoms with van der Waals surface area (Å²) in [5, 5.41) is 1.02. The molecule has 0 aliphatic heterocycles. The summed E-state index contributed by atoms with van der Waals surface area (Å²) in [5.41, 5.74) is 8.21. The van der Waals surface area contributed by atoms with Gasteiger partial charge in [-0.05, 0) is 24.3 Å². The van der Waals surface area contributed by atoms with Gasteiger partial charge in [-0.1, -0.05) is 6.92 Å². The minimum atomic E-state index is 0.160. The Morgan fingerprint density at radius 1 is 1.40 bits per heavy atom. The van der Waals surface area contributed by atoms with Crippen LogP contribution < -0.4 is 5.73 Å². The largest absolute Gasteiger partial charge is 0.399 e. The summed E-state index contributed by atoms with van der Waals surface area (Å²) >= 11 is 0. The van der Waals surface area contributed by atoms with Gasteiger partial charge in [-0.2, -0.15) is 0 Å². The van der Waals surface area contributed by atoms with Gasteiger partial charge >= 0.3 is 0 Å². The molecule has 2 rings (SSSR count). The molecule has 0 bridgehead atoms. The number of fused-ring (bicyclic) bond motifs is 1. The molecule has 0 aliphatic rings. The molecule has 1 heterocycles. The van der Waals surface area contributed by atoms with Crippen LogP contribution in [0.25, 0.3) is 10.9 Å². The van der Waals surface area contributed by atoms with Crippen molar-refractivity contribution in [2.75, 3.05) is 5.73 Å². The Balaban J connectivity index is 2.69. The molecule has 0 unspecified atom stereocenters. The smallest absolute Gasteiger partial charge is 0.178 e. The van der Waals surface area contributed by atoms with E-state index in [0.717, 1.165) is 22.3 Å². The molecule has 0 saturated carbocycles. The predicted octanol–water partition coefficient (Wildman–Crippen LogP) is 2.35. The first kappa shape index (κ1) is 9.77. The minimum absolute atomic E-state index is 0.160. The van der Waals surface area contributed by atoms with Crippen molar-refractivity contribution in [3.8, 4) is 0 Å². The summed E-state index contributed by atoms with van der Waals surface area (Å²) in [5.74, 6) is 0.160. The maximum Gasteiger partial charge on any atom is 0.178 e. The molecule has 0 radical (unpaired) electrons. The zero-order valence-corrected chi connectivity index (χ0v) is 8.95. The van der Waals surface area contributed by atoms with Crippen LogP contribution in [0, 0.1) is 0 Å². The van der Waals surface area contributed by atoms with Crippen molar-refractivity contribution in [1.82, 2.24) is 4.57 Å². The second kappa shape index (κ2) is 3.42. The van der Waals surface area contributed by atoms with Crippen molar-refractivity contribution in [1.29, 1.82) is 0 Å². The van der Waals surface area contributed by atoms with Crippen molar-refractivity contribution < 1.29 is 4.79 Å². The standard InChI is InChI=1S/C12H14N2O/c1-3-12(15)11-7-8-6-9(13)4-5-10(8)14(11)2/h4-7H,3,13H2,1-2H3. The number of hydrogen-bond acceptors (Lipinski definition) is 2. The van der Waals surface area contributed by atoms with Gasteiger partial charge in [0.05, 0.1) is 5.69 Å². The zero-order valence-electron chi connectivity index (χ0n) is 8.95. The molecular weight excluding hydrogens is 188 g/mol. The van der Waals surface area contributed by atoms with E-state index in [-0.39, 0.29) is 5.78 Å². The van der Waals surface area contributed by atoms with Crippen LogP contribution in [0.3, 0.4) is 0 Å². The molecule has 2 aromatic rings. The first-order valence-corrected chi connectivity index (χ1v) is 5.01. The fourth-order valence-corrected chi connectivity index (χ4v) is 1.82. The highest BCUT2D eigenvalue weighted by Gasteiger charge is 2.11. The number of nitrogens with zero attached hydrogens (tertiary/aromatic N) is 1. The SMILES string of the molecule is CCC(=O)c1cc2cc(N)ccc2n1C. The van der Waals surface area contributed by atoms with Gasteiger partial charge in [-0.15, -0.1) is 0 Å². The number of nitrogens with two attached hydrogens (primary N) is 1. The van der Waals surface area contributed by atoms with E-state index >= 15 is 0 Å². The Kier molecular flexibility index (Phi) is 2.23. The molecule has 0 fully saturated rings. The van der Waals surface area contributed by atoms with E-state index in [9.17, 15) is 4.79 Å². The highest BCUT2D eigenvalue weighted by molar-refractivity contribution is 6.00. The van der Waals surface area contributed by atoms with Crippen molar-refractivity contribution in [3.05, 3.63) is 30.0 Å². The normalized spacial score (nSPS) is 10.8. The quantitative estimate of drug-likeness (QED) is 0.600. The summed E-state index contributed by atoms with van der Waals surface area (Å²) in [6.07, 6.45) is 0.527. The van der Waals surface area contributed by atoms with E-state index in [2.05, 4.69) is 0 Å². The van der Waals surface area contributed by atoms with Crippen LogP contribution in [-0.2, 0) is 7.05 Å². The van der Waals surface area contributed by atoms with Gasteiger partial charge in [0.2, 0.25) is 0 Å². The van der Waals surface area contributed by atoms with Crippen LogP contribution in [-0.4, -0.2) is 10.4 Å². The zero-order chi connectivity index (χ0) is 11.0. The summed E-state index contributed by atoms with van der Waals surface area (Å²) in [4.78, 5) is 11.6. The third kappa shape index (κ3) is 1.50. The molecule has 0 atom stereocenters. The van der Waals surface area contributed by atoms with Gasteiger partial charge in [0.25, 0.3) is 0 Å². The summed E-state index contributed by atoms with van der Waals surface area (Å²) < 4.78 is 1.92. The fourth-order valence-electron chi connectivity index (χ4n) is 1.82. The first-order chi connectivity index (χ1) is 7.13. The number of benzene rings is 1. The Morgan fingerprint density at radius 2 is 2.13 bits per heavy atom. The molecule has 1 aromatic carbocycles. The number of ketones is 1. The first-order valence-electron chi connectivity index (χ1n) is 5.01. The van der Waals surface area contributed by atoms with Crippen LogP contribution >= 0.6 is 0 Å². The van der Waals surface area contributed by atoms with Gasteiger partial charge in [-0.3, -0.25) is 4.79 Å². The molecule has 15 heavy (non-hydrogen) atoms. The molecule has 78 valence electrons. The lowest BCUT2D eigenvalue weighted by Crippen LogP contribution is -2.03. The number of rotatable bonds is 2. The Hall–Kier alpha value is -1.77. The van der Waals surface area contributed by atoms with Crippen molar-refractivity contribution in [3.63, 3.8) is 0 Å². The molecule has 0 spiro atoms. The Bertz CT molecular complexity index is 526. The van der Waals surface area contributed by atoms with Crippen molar-refractivity contribution in [2.45, 2.75) is 13.3 Å². The van der Waals surface area contributed by atoms with Crippen LogP contribution in [0.5, 0.6) is 0 Å². The lowest BCUT2D eigenvalue weighted by molar-refractivity contribution is 0.0981. The number of hydrogen-bond donors (Lipinski definition) is 1. The number of anilines is 1. The van der Waals surface area contributed by atoms with E-state index in [0.29, 0.717) is 6.42 Å². The summed E-state index contributed by atoms with van der Waals surface area (Å²) in [6.45, 7) is 1.87. The average Bonchev–Trinajstić information content (AvgIpc) is 2.54. The highest BCUT2D eigenvalue weighted by Crippen LogP contribution is 2.21. The van der Waals surface area contributed by atoms with Crippen molar-refractivity contribution in [2.24, 2.45) is 7.05 Å². The van der Waals surface area contributed by atoms with E-state index < -0.39 is 0 Å². The second-order valence-electron chi connectivity index (χ2n) is 3.68. The van der Waals surface area contributed by atoms with Crippen LogP contribution in [0.15, 0.2) is 24.3 Å². The number of carbonyl (C=O) groups is 1. The molecule has 3 nitrogen and oxygen atoms in total. The van der Waals surface area contributed by atoms with Gasteiger partial charge in [0.1, 0.15) is 0 Å². The maximum absolute atomic E-state index is 11.6. The molecule has 3 heteroatoms. The van der Waals surface area contributed by atoms with E-state index in [1.807, 2.05) is 42.8 Å². The van der Waals surface area contributed by atoms with E-state index in [1.54, 1.807) is 0 Å². The summed E-state index contributed by atoms with van der Waals surface area (Å²) in [7, 11) is 1.90. The van der Waals surface area contributed by atoms with E-state index in [1.165, 1.54) is 0 Å². The Morgan fingerprint density at radius 3 is 2.80 bits per heavy atom. The molecule has 0 amide bonds. The van der Waals surface area contributed by atoms with Gasteiger partial charge in [0.15, 0.2) is 5.78 Å². The lowest BCUT2D eigenvalue weighted by atomic mass is 10.2. The number of nitrogen functional groups attached to an aromatic ring is 1.